The molecule has 0 aromatic rings. The number of hydrogen-bond acceptors (Lipinski definition) is 0. The maximum atomic E-state index is 2.35. The van der Waals surface area contributed by atoms with Crippen LogP contribution in [0.1, 0.15) is 207 Å². The molecule has 0 amide bonds. The van der Waals surface area contributed by atoms with Gasteiger partial charge in [0.15, 0.2) is 0 Å². The first-order valence-electron chi connectivity index (χ1n) is 18.2. The Morgan fingerprint density at radius 1 is 0.237 bits per heavy atom. The Kier molecular flexibility index (Phi) is 36.5. The molecule has 0 bridgehead atoms. The van der Waals surface area contributed by atoms with Gasteiger partial charge in [-0.05, 0) is 0 Å². The van der Waals surface area contributed by atoms with E-state index in [2.05, 4.69) is 27.7 Å². The normalized spacial score (nSPS) is 12.1. The summed E-state index contributed by atoms with van der Waals surface area (Å²) < 4.78 is 0. The Balaban J connectivity index is 0. The topological polar surface area (TPSA) is 0 Å². The summed E-state index contributed by atoms with van der Waals surface area (Å²) in [7, 11) is -1.09. The summed E-state index contributed by atoms with van der Waals surface area (Å²) in [6.07, 6.45) is 48.4. The minimum Gasteiger partial charge on any atom is -0.147 e. The fraction of sp³-hybridized carbons (Fsp3) is 1.00. The van der Waals surface area contributed by atoms with Gasteiger partial charge in [0.25, 0.3) is 0 Å². The van der Waals surface area contributed by atoms with Crippen LogP contribution in [-0.4, -0.2) is 24.6 Å². The van der Waals surface area contributed by atoms with Crippen molar-refractivity contribution in [1.82, 2.24) is 0 Å². The fourth-order valence-corrected chi connectivity index (χ4v) is 12.1. The minimum absolute atomic E-state index is 0. The summed E-state index contributed by atoms with van der Waals surface area (Å²) in [6, 6.07) is 0. The average Bonchev–Trinajstić information content (AvgIpc) is 2.91. The zero-order valence-corrected chi connectivity index (χ0v) is 29.4. The predicted molar refractivity (Wildman–Crippen MR) is 187 cm³/mol. The fourth-order valence-electron chi connectivity index (χ4n) is 6.58. The van der Waals surface area contributed by atoms with Crippen LogP contribution in [0.2, 0.25) is 0 Å². The van der Waals surface area contributed by atoms with E-state index in [0.717, 1.165) is 0 Å². The SMILES string of the molecule is CCCCCCCCCCCC[PH](CCCCCCCC)(CCCCCCCC)CCCCCCCC.Cl. The third-order valence-corrected chi connectivity index (χ3v) is 14.9. The van der Waals surface area contributed by atoms with E-state index in [1.807, 2.05) is 0 Å². The zero-order chi connectivity index (χ0) is 27.1. The molecule has 0 aliphatic carbocycles. The molecule has 0 aliphatic rings. The van der Waals surface area contributed by atoms with Crippen LogP contribution in [0.3, 0.4) is 0 Å². The molecule has 0 radical (unpaired) electrons. The van der Waals surface area contributed by atoms with Crippen molar-refractivity contribution in [3.63, 3.8) is 0 Å². The van der Waals surface area contributed by atoms with E-state index in [0.29, 0.717) is 0 Å². The van der Waals surface area contributed by atoms with E-state index < -0.39 is 7.26 Å². The molecular formula is C36H78ClP. The van der Waals surface area contributed by atoms with Crippen molar-refractivity contribution < 1.29 is 0 Å². The van der Waals surface area contributed by atoms with Gasteiger partial charge < -0.3 is 0 Å². The summed E-state index contributed by atoms with van der Waals surface area (Å²) in [5, 5.41) is 0. The molecule has 2 heteroatoms. The van der Waals surface area contributed by atoms with Crippen LogP contribution in [-0.2, 0) is 0 Å². The predicted octanol–water partition coefficient (Wildman–Crippen LogP) is 14.2. The van der Waals surface area contributed by atoms with Crippen molar-refractivity contribution in [1.29, 1.82) is 0 Å². The van der Waals surface area contributed by atoms with E-state index in [4.69, 9.17) is 0 Å². The van der Waals surface area contributed by atoms with Crippen molar-refractivity contribution in [3.05, 3.63) is 0 Å². The van der Waals surface area contributed by atoms with Gasteiger partial charge in [-0.1, -0.05) is 0 Å². The molecule has 0 nitrogen and oxygen atoms in total. The van der Waals surface area contributed by atoms with Crippen molar-refractivity contribution in [2.75, 3.05) is 24.6 Å². The monoisotopic (exact) mass is 577 g/mol. The molecule has 0 saturated heterocycles. The van der Waals surface area contributed by atoms with Crippen molar-refractivity contribution >= 4 is 19.7 Å². The van der Waals surface area contributed by atoms with Crippen LogP contribution in [0.5, 0.6) is 0 Å². The molecule has 0 aromatic heterocycles. The minimum atomic E-state index is -1.09. The van der Waals surface area contributed by atoms with E-state index in [1.165, 1.54) is 154 Å². The standard InChI is InChI=1S/C36H77P.ClH/c1-5-9-13-17-21-22-23-24-28-32-36-37(33-29-25-18-14-10-6-2,34-30-26-19-15-11-7-3)35-31-27-20-16-12-8-4;/h37H,5-36H2,1-4H3;1H. The van der Waals surface area contributed by atoms with Gasteiger partial charge >= 0.3 is 239 Å². The Morgan fingerprint density at radius 2 is 0.395 bits per heavy atom. The smallest absolute Gasteiger partial charge is 0.147 e. The summed E-state index contributed by atoms with van der Waals surface area (Å²) >= 11 is 0. The summed E-state index contributed by atoms with van der Waals surface area (Å²) in [4.78, 5) is 0. The van der Waals surface area contributed by atoms with Gasteiger partial charge in [-0.2, -0.15) is 0 Å². The maximum absolute atomic E-state index is 2.35. The zero-order valence-electron chi connectivity index (χ0n) is 27.5. The first-order chi connectivity index (χ1) is 18.2. The Labute approximate surface area is 251 Å². The molecule has 0 fully saturated rings. The van der Waals surface area contributed by atoms with Crippen molar-refractivity contribution in [2.24, 2.45) is 0 Å². The van der Waals surface area contributed by atoms with Crippen molar-refractivity contribution in [2.45, 2.75) is 207 Å². The molecule has 0 N–H and O–H groups in total. The van der Waals surface area contributed by atoms with Crippen LogP contribution in [0, 0.1) is 0 Å². The largest absolute Gasteiger partial charge is 0.147 e. The van der Waals surface area contributed by atoms with Gasteiger partial charge in [-0.25, -0.2) is 0 Å². The van der Waals surface area contributed by atoms with Gasteiger partial charge in [0.2, 0.25) is 0 Å². The Bertz CT molecular complexity index is 369. The summed E-state index contributed by atoms with van der Waals surface area (Å²) in [6.45, 7) is 9.39. The van der Waals surface area contributed by atoms with Gasteiger partial charge in [-0.3, -0.25) is 0 Å². The third kappa shape index (κ3) is 28.3. The van der Waals surface area contributed by atoms with Gasteiger partial charge in [0.05, 0.1) is 0 Å². The molecule has 0 unspecified atom stereocenters. The molecule has 234 valence electrons. The number of rotatable bonds is 32. The molecule has 0 aromatic carbocycles. The number of unbranched alkanes of at least 4 members (excludes halogenated alkanes) is 24. The summed E-state index contributed by atoms with van der Waals surface area (Å²) in [5.41, 5.74) is 0. The first kappa shape index (κ1) is 40.9. The van der Waals surface area contributed by atoms with Crippen molar-refractivity contribution in [3.8, 4) is 0 Å². The molecule has 38 heavy (non-hydrogen) atoms. The number of hydrogen-bond donors (Lipinski definition) is 0. The molecule has 0 aliphatic heterocycles. The van der Waals surface area contributed by atoms with Gasteiger partial charge in [0.1, 0.15) is 0 Å². The van der Waals surface area contributed by atoms with Gasteiger partial charge in [-0.15, -0.1) is 12.4 Å². The van der Waals surface area contributed by atoms with Crippen LogP contribution < -0.4 is 0 Å². The maximum Gasteiger partial charge on any atom is -0.147 e. The van der Waals surface area contributed by atoms with E-state index >= 15 is 0 Å². The van der Waals surface area contributed by atoms with Crippen LogP contribution in [0.4, 0.5) is 0 Å². The second kappa shape index (κ2) is 33.9. The second-order valence-electron chi connectivity index (χ2n) is 13.0. The Hall–Kier alpha value is 0.720. The average molecular weight is 577 g/mol. The third-order valence-electron chi connectivity index (χ3n) is 9.24. The number of halogens is 1. The van der Waals surface area contributed by atoms with Crippen LogP contribution >= 0.6 is 19.7 Å². The van der Waals surface area contributed by atoms with Crippen LogP contribution in [0.15, 0.2) is 0 Å². The Morgan fingerprint density at radius 3 is 0.579 bits per heavy atom. The summed E-state index contributed by atoms with van der Waals surface area (Å²) in [5.74, 6) is 0. The van der Waals surface area contributed by atoms with E-state index in [-0.39, 0.29) is 12.4 Å². The van der Waals surface area contributed by atoms with Crippen LogP contribution in [0.25, 0.3) is 0 Å². The molecule has 0 heterocycles. The molecule has 0 rings (SSSR count). The van der Waals surface area contributed by atoms with E-state index in [9.17, 15) is 0 Å². The molecule has 0 spiro atoms. The van der Waals surface area contributed by atoms with Gasteiger partial charge in [0, 0.05) is 0 Å². The second-order valence-corrected chi connectivity index (χ2v) is 18.0. The molecule has 0 saturated carbocycles. The molecule has 0 atom stereocenters. The first-order valence-corrected chi connectivity index (χ1v) is 21.1. The molecular weight excluding hydrogens is 499 g/mol. The quantitative estimate of drug-likeness (QED) is 0.0551. The van der Waals surface area contributed by atoms with E-state index in [1.54, 1.807) is 50.3 Å².